The highest BCUT2D eigenvalue weighted by molar-refractivity contribution is 5.82. The van der Waals surface area contributed by atoms with Crippen LogP contribution in [0.25, 0.3) is 22.4 Å². The Labute approximate surface area is 158 Å². The van der Waals surface area contributed by atoms with Crippen molar-refractivity contribution in [3.8, 4) is 22.4 Å². The van der Waals surface area contributed by atoms with Gasteiger partial charge in [-0.3, -0.25) is 0 Å². The summed E-state index contributed by atoms with van der Waals surface area (Å²) in [4.78, 5) is 0. The summed E-state index contributed by atoms with van der Waals surface area (Å²) in [6.07, 6.45) is 2.20. The smallest absolute Gasteiger partial charge is 0.201 e. The minimum Gasteiger partial charge on any atom is -0.201 e. The summed E-state index contributed by atoms with van der Waals surface area (Å²) in [5, 5.41) is 0. The molecule has 0 aliphatic heterocycles. The van der Waals surface area contributed by atoms with Gasteiger partial charge >= 0.3 is 0 Å². The molecule has 1 heteroatoms. The number of hydrogen-bond donors (Lipinski definition) is 0. The van der Waals surface area contributed by atoms with Crippen LogP contribution in [0.2, 0.25) is 0 Å². The van der Waals surface area contributed by atoms with E-state index in [2.05, 4.69) is 96.6 Å². The lowest BCUT2D eigenvalue weighted by molar-refractivity contribution is -0.660. The van der Waals surface area contributed by atoms with E-state index in [0.29, 0.717) is 0 Å². The summed E-state index contributed by atoms with van der Waals surface area (Å²) in [5.41, 5.74) is 14.8. The molecular weight excluding hydrogens is 314 g/mol. The van der Waals surface area contributed by atoms with Gasteiger partial charge in [0, 0.05) is 11.6 Å². The quantitative estimate of drug-likeness (QED) is 0.502. The lowest BCUT2D eigenvalue weighted by atomic mass is 9.85. The van der Waals surface area contributed by atoms with Gasteiger partial charge in [0.15, 0.2) is 6.20 Å². The zero-order valence-corrected chi connectivity index (χ0v) is 17.4. The molecule has 0 saturated carbocycles. The summed E-state index contributed by atoms with van der Waals surface area (Å²) >= 11 is 0. The Hall–Kier alpha value is -2.41. The van der Waals surface area contributed by atoms with Gasteiger partial charge in [0.2, 0.25) is 5.69 Å². The van der Waals surface area contributed by atoms with Crippen molar-refractivity contribution in [3.05, 3.63) is 75.5 Å². The average molecular weight is 345 g/mol. The van der Waals surface area contributed by atoms with Crippen LogP contribution in [-0.4, -0.2) is 0 Å². The maximum absolute atomic E-state index is 2.36. The maximum Gasteiger partial charge on any atom is 0.212 e. The average Bonchev–Trinajstić information content (AvgIpc) is 2.53. The second-order valence-corrected chi connectivity index (χ2v) is 7.84. The predicted molar refractivity (Wildman–Crippen MR) is 112 cm³/mol. The van der Waals surface area contributed by atoms with Crippen molar-refractivity contribution in [2.24, 2.45) is 7.05 Å². The number of rotatable bonds is 2. The standard InChI is InChI=1S/C25H30N/c1-15-9-10-23(26(8)14-15)25-20(6)12-19(5)24(21(25)7)22-13-17(3)16(2)11-18(22)4/h9-14H,1-8H3/q+1. The van der Waals surface area contributed by atoms with E-state index < -0.39 is 0 Å². The van der Waals surface area contributed by atoms with E-state index in [-0.39, 0.29) is 0 Å². The number of nitrogens with zero attached hydrogens (tertiary/aromatic N) is 1. The first kappa shape index (κ1) is 18.4. The van der Waals surface area contributed by atoms with E-state index in [1.54, 1.807) is 0 Å². The zero-order valence-electron chi connectivity index (χ0n) is 17.4. The molecule has 0 radical (unpaired) electrons. The topological polar surface area (TPSA) is 3.88 Å². The number of aryl methyl sites for hydroxylation is 7. The van der Waals surface area contributed by atoms with Crippen LogP contribution in [-0.2, 0) is 7.05 Å². The van der Waals surface area contributed by atoms with Gasteiger partial charge < -0.3 is 0 Å². The third-order valence-electron chi connectivity index (χ3n) is 5.62. The molecule has 3 rings (SSSR count). The van der Waals surface area contributed by atoms with E-state index in [1.165, 1.54) is 61.3 Å². The van der Waals surface area contributed by atoms with Gasteiger partial charge in [-0.05, 0) is 99.0 Å². The maximum atomic E-state index is 2.36. The lowest BCUT2D eigenvalue weighted by Crippen LogP contribution is -2.31. The summed E-state index contributed by atoms with van der Waals surface area (Å²) in [6, 6.07) is 11.5. The van der Waals surface area contributed by atoms with E-state index in [4.69, 9.17) is 0 Å². The first-order valence-corrected chi connectivity index (χ1v) is 9.36. The van der Waals surface area contributed by atoms with Crippen LogP contribution < -0.4 is 4.57 Å². The Morgan fingerprint density at radius 1 is 0.615 bits per heavy atom. The minimum atomic E-state index is 1.27. The largest absolute Gasteiger partial charge is 0.212 e. The fourth-order valence-electron chi connectivity index (χ4n) is 4.23. The minimum absolute atomic E-state index is 1.27. The molecule has 134 valence electrons. The van der Waals surface area contributed by atoms with Crippen molar-refractivity contribution in [2.45, 2.75) is 48.5 Å². The highest BCUT2D eigenvalue weighted by Gasteiger charge is 2.20. The fraction of sp³-hybridized carbons (Fsp3) is 0.320. The van der Waals surface area contributed by atoms with Crippen molar-refractivity contribution in [1.82, 2.24) is 0 Å². The van der Waals surface area contributed by atoms with Crippen LogP contribution in [0, 0.1) is 48.5 Å². The molecule has 1 heterocycles. The van der Waals surface area contributed by atoms with Gasteiger partial charge in [-0.15, -0.1) is 0 Å². The zero-order chi connectivity index (χ0) is 19.2. The Kier molecular flexibility index (Phi) is 4.75. The Morgan fingerprint density at radius 2 is 1.19 bits per heavy atom. The molecule has 0 atom stereocenters. The van der Waals surface area contributed by atoms with Gasteiger partial charge in [-0.1, -0.05) is 18.2 Å². The molecule has 0 saturated heterocycles. The second-order valence-electron chi connectivity index (χ2n) is 7.84. The summed E-state index contributed by atoms with van der Waals surface area (Å²) in [5.74, 6) is 0. The molecule has 0 N–H and O–H groups in total. The Balaban J connectivity index is 2.34. The lowest BCUT2D eigenvalue weighted by Gasteiger charge is -2.19. The molecule has 0 spiro atoms. The van der Waals surface area contributed by atoms with Crippen molar-refractivity contribution < 1.29 is 4.57 Å². The molecule has 1 aromatic heterocycles. The molecular formula is C25H30N+. The van der Waals surface area contributed by atoms with Gasteiger partial charge in [0.05, 0.1) is 5.56 Å². The molecule has 0 amide bonds. The Morgan fingerprint density at radius 3 is 1.85 bits per heavy atom. The van der Waals surface area contributed by atoms with Gasteiger partial charge in [-0.25, -0.2) is 4.57 Å². The predicted octanol–water partition coefficient (Wildman–Crippen LogP) is 6.00. The highest BCUT2D eigenvalue weighted by atomic mass is 14.9. The van der Waals surface area contributed by atoms with E-state index >= 15 is 0 Å². The van der Waals surface area contributed by atoms with Crippen molar-refractivity contribution in [2.75, 3.05) is 0 Å². The first-order chi connectivity index (χ1) is 12.2. The molecule has 26 heavy (non-hydrogen) atoms. The van der Waals surface area contributed by atoms with E-state index in [9.17, 15) is 0 Å². The number of aromatic nitrogens is 1. The molecule has 0 fully saturated rings. The molecule has 0 aliphatic carbocycles. The van der Waals surface area contributed by atoms with Crippen LogP contribution in [0.1, 0.15) is 38.9 Å². The normalized spacial score (nSPS) is 11.1. The van der Waals surface area contributed by atoms with Gasteiger partial charge in [-0.2, -0.15) is 0 Å². The summed E-state index contributed by atoms with van der Waals surface area (Å²) < 4.78 is 2.25. The first-order valence-electron chi connectivity index (χ1n) is 9.36. The highest BCUT2D eigenvalue weighted by Crippen LogP contribution is 2.38. The summed E-state index contributed by atoms with van der Waals surface area (Å²) in [6.45, 7) is 15.5. The number of pyridine rings is 1. The van der Waals surface area contributed by atoms with Crippen molar-refractivity contribution >= 4 is 0 Å². The fourth-order valence-corrected chi connectivity index (χ4v) is 4.23. The number of benzene rings is 2. The molecule has 0 unspecified atom stereocenters. The van der Waals surface area contributed by atoms with Crippen molar-refractivity contribution in [1.29, 1.82) is 0 Å². The molecule has 3 aromatic rings. The molecule has 2 aromatic carbocycles. The van der Waals surface area contributed by atoms with Crippen molar-refractivity contribution in [3.63, 3.8) is 0 Å². The monoisotopic (exact) mass is 344 g/mol. The molecule has 0 bridgehead atoms. The third kappa shape index (κ3) is 3.07. The molecule has 1 nitrogen and oxygen atoms in total. The molecule has 0 aliphatic rings. The second kappa shape index (κ2) is 6.72. The van der Waals surface area contributed by atoms with Gasteiger partial charge in [0.25, 0.3) is 0 Å². The van der Waals surface area contributed by atoms with E-state index in [1.807, 2.05) is 0 Å². The van der Waals surface area contributed by atoms with Crippen LogP contribution in [0.4, 0.5) is 0 Å². The van der Waals surface area contributed by atoms with Crippen LogP contribution >= 0.6 is 0 Å². The number of hydrogen-bond acceptors (Lipinski definition) is 0. The summed E-state index contributed by atoms with van der Waals surface area (Å²) in [7, 11) is 2.14. The van der Waals surface area contributed by atoms with Crippen LogP contribution in [0.5, 0.6) is 0 Å². The van der Waals surface area contributed by atoms with Crippen LogP contribution in [0.3, 0.4) is 0 Å². The van der Waals surface area contributed by atoms with Crippen LogP contribution in [0.15, 0.2) is 36.5 Å². The van der Waals surface area contributed by atoms with Gasteiger partial charge in [0.1, 0.15) is 7.05 Å². The Bertz CT molecular complexity index is 1010. The van der Waals surface area contributed by atoms with E-state index in [0.717, 1.165) is 0 Å². The third-order valence-corrected chi connectivity index (χ3v) is 5.62. The SMILES string of the molecule is Cc1ccc(-c2c(C)cc(C)c(-c3cc(C)c(C)cc3C)c2C)[n+](C)c1.